The van der Waals surface area contributed by atoms with Gasteiger partial charge in [-0.05, 0) is 6.40 Å². The minimum absolute atomic E-state index is 0.0648. The van der Waals surface area contributed by atoms with Gasteiger partial charge in [-0.2, -0.15) is 0 Å². The Hall–Kier alpha value is -0.790. The lowest BCUT2D eigenvalue weighted by Gasteiger charge is -1.87. The van der Waals surface area contributed by atoms with Crippen molar-refractivity contribution in [3.63, 3.8) is 0 Å². The first-order valence-corrected chi connectivity index (χ1v) is 1.90. The van der Waals surface area contributed by atoms with Crippen LogP contribution in [0.1, 0.15) is 14.7 Å². The maximum absolute atomic E-state index is 9.92. The zero-order valence-corrected chi connectivity index (χ0v) is 4.14. The molecule has 0 aromatic rings. The molecule has 0 rings (SSSR count). The summed E-state index contributed by atoms with van der Waals surface area (Å²) >= 11 is 0. The Morgan fingerprint density at radius 2 is 2.57 bits per heavy atom. The number of carboxylic acids is 1. The summed E-state index contributed by atoms with van der Waals surface area (Å²) in [4.78, 5) is 9.92. The quantitative estimate of drug-likeness (QED) is 0.527. The summed E-state index contributed by atoms with van der Waals surface area (Å²) in [7, 11) is 0. The first-order chi connectivity index (χ1) is 3.55. The molecule has 0 aliphatic rings. The lowest BCUT2D eigenvalue weighted by molar-refractivity contribution is -0.132. The van der Waals surface area contributed by atoms with Crippen LogP contribution in [-0.4, -0.2) is 11.1 Å². The molecule has 0 heterocycles. The summed E-state index contributed by atoms with van der Waals surface area (Å²) in [6.07, 6.45) is -0.701. The second kappa shape index (κ2) is 2.39. The van der Waals surface area contributed by atoms with Crippen LogP contribution >= 0.6 is 0 Å². The first-order valence-electron chi connectivity index (χ1n) is 2.47. The van der Waals surface area contributed by atoms with E-state index in [-0.39, 0.29) is 5.57 Å². The van der Waals surface area contributed by atoms with E-state index in [4.69, 9.17) is 6.48 Å². The fourth-order valence-corrected chi connectivity index (χ4v) is 0.123. The van der Waals surface area contributed by atoms with Crippen molar-refractivity contribution >= 4 is 5.97 Å². The van der Waals surface area contributed by atoms with E-state index in [9.17, 15) is 4.79 Å². The highest BCUT2D eigenvalue weighted by atomic mass is 16.4. The van der Waals surface area contributed by atoms with Crippen LogP contribution in [0.3, 0.4) is 0 Å². The van der Waals surface area contributed by atoms with Crippen LogP contribution in [0.4, 0.5) is 0 Å². The van der Waals surface area contributed by atoms with Crippen LogP contribution in [0.5, 0.6) is 0 Å². The molecule has 1 N–H and O–H groups in total. The van der Waals surface area contributed by atoms with Crippen LogP contribution in [0.25, 0.3) is 0 Å². The summed E-state index contributed by atoms with van der Waals surface area (Å²) in [6, 6.07) is 0. The Morgan fingerprint density at radius 3 is 2.57 bits per heavy atom. The monoisotopic (exact) mass is 101 g/mol. The summed E-state index contributed by atoms with van der Waals surface area (Å²) in [6.45, 7) is 4.64. The topological polar surface area (TPSA) is 37.3 Å². The van der Waals surface area contributed by atoms with Gasteiger partial charge in [-0.15, -0.1) is 0 Å². The van der Waals surface area contributed by atoms with Gasteiger partial charge in [0.15, 0.2) is 0 Å². The van der Waals surface area contributed by atoms with E-state index in [1.54, 1.807) is 0 Å². The highest BCUT2D eigenvalue weighted by Gasteiger charge is 1.96. The molecule has 0 saturated heterocycles. The maximum Gasteiger partial charge on any atom is 0.330 e. The van der Waals surface area contributed by atoms with Crippen molar-refractivity contribution < 1.29 is 11.3 Å². The number of carboxylic acid groups (broad SMARTS) is 1. The van der Waals surface area contributed by atoms with Gasteiger partial charge < -0.3 is 5.11 Å². The number of carbonyl (C=O) groups is 1. The number of aliphatic carboxylic acids is 1. The van der Waals surface area contributed by atoms with E-state index < -0.39 is 12.4 Å². The third-order valence-corrected chi connectivity index (χ3v) is 0.623. The molecule has 0 fully saturated rings. The van der Waals surface area contributed by atoms with Crippen molar-refractivity contribution in [2.24, 2.45) is 0 Å². The van der Waals surface area contributed by atoms with Crippen molar-refractivity contribution in [1.82, 2.24) is 0 Å². The molecule has 0 aromatic carbocycles. The van der Waals surface area contributed by atoms with E-state index in [1.165, 1.54) is 6.92 Å². The van der Waals surface area contributed by atoms with Crippen LogP contribution in [0, 0.1) is 0 Å². The SMILES string of the molecule is [2H][C@@H](C)C(=C)C(=O)O. The molecule has 2 heteroatoms. The minimum atomic E-state index is -1.09. The highest BCUT2D eigenvalue weighted by molar-refractivity contribution is 5.85. The second-order valence-corrected chi connectivity index (χ2v) is 1.12. The molecule has 0 radical (unpaired) electrons. The fraction of sp³-hybridized carbons (Fsp3) is 0.400. The van der Waals surface area contributed by atoms with Gasteiger partial charge >= 0.3 is 5.97 Å². The first kappa shape index (κ1) is 4.37. The zero-order chi connectivity index (χ0) is 6.73. The molecule has 2 nitrogen and oxygen atoms in total. The Labute approximate surface area is 43.9 Å². The summed E-state index contributed by atoms with van der Waals surface area (Å²) in [5.41, 5.74) is -0.0648. The molecule has 0 unspecified atom stereocenters. The average molecular weight is 101 g/mol. The zero-order valence-electron chi connectivity index (χ0n) is 5.14. The van der Waals surface area contributed by atoms with Crippen LogP contribution in [0.2, 0.25) is 0 Å². The predicted molar refractivity (Wildman–Crippen MR) is 27.1 cm³/mol. The number of rotatable bonds is 2. The molecule has 7 heavy (non-hydrogen) atoms. The molecular formula is C5H8O2. The highest BCUT2D eigenvalue weighted by Crippen LogP contribution is 1.93. The molecule has 0 saturated carbocycles. The van der Waals surface area contributed by atoms with Crippen LogP contribution in [-0.2, 0) is 4.79 Å². The normalized spacial score (nSPS) is 14.7. The Bertz CT molecular complexity index is 118. The molecule has 1 atom stereocenters. The largest absolute Gasteiger partial charge is 0.478 e. The molecule has 0 spiro atoms. The van der Waals surface area contributed by atoms with Crippen molar-refractivity contribution in [1.29, 1.82) is 0 Å². The lowest BCUT2D eigenvalue weighted by Crippen LogP contribution is -1.95. The Kier molecular flexibility index (Phi) is 1.50. The average Bonchev–Trinajstić information content (AvgIpc) is 1.64. The lowest BCUT2D eigenvalue weighted by atomic mass is 10.2. The molecule has 40 valence electrons. The van der Waals surface area contributed by atoms with Crippen LogP contribution < -0.4 is 0 Å². The summed E-state index contributed by atoms with van der Waals surface area (Å²) in [5, 5.41) is 8.13. The van der Waals surface area contributed by atoms with Gasteiger partial charge in [-0.1, -0.05) is 13.5 Å². The number of hydrogen-bond acceptors (Lipinski definition) is 1. The molecule has 0 aromatic heterocycles. The van der Waals surface area contributed by atoms with E-state index in [0.29, 0.717) is 0 Å². The van der Waals surface area contributed by atoms with Crippen molar-refractivity contribution in [3.05, 3.63) is 12.2 Å². The molecule has 0 aliphatic carbocycles. The molecule has 0 aliphatic heterocycles. The van der Waals surface area contributed by atoms with Crippen molar-refractivity contribution in [3.8, 4) is 0 Å². The molecular weight excluding hydrogens is 92.1 g/mol. The second-order valence-electron chi connectivity index (χ2n) is 1.12. The standard InChI is InChI=1S/C5H8O2/c1-3-4(2)5(6)7/h2-3H2,1H3,(H,6,7)/i3D/t3-/m0/s1. The van der Waals surface area contributed by atoms with Gasteiger partial charge in [-0.3, -0.25) is 0 Å². The van der Waals surface area contributed by atoms with Crippen molar-refractivity contribution in [2.45, 2.75) is 13.3 Å². The summed E-state index contributed by atoms with van der Waals surface area (Å²) in [5.74, 6) is -1.09. The molecule has 0 amide bonds. The maximum atomic E-state index is 9.92. The van der Waals surface area contributed by atoms with E-state index in [1.807, 2.05) is 0 Å². The van der Waals surface area contributed by atoms with E-state index in [0.717, 1.165) is 0 Å². The van der Waals surface area contributed by atoms with Gasteiger partial charge in [0.1, 0.15) is 0 Å². The Balaban J connectivity index is 3.84. The third-order valence-electron chi connectivity index (χ3n) is 0.623. The van der Waals surface area contributed by atoms with E-state index >= 15 is 0 Å². The summed E-state index contributed by atoms with van der Waals surface area (Å²) < 4.78 is 6.83. The Morgan fingerprint density at radius 1 is 2.14 bits per heavy atom. The van der Waals surface area contributed by atoms with Crippen molar-refractivity contribution in [2.75, 3.05) is 0 Å². The smallest absolute Gasteiger partial charge is 0.330 e. The van der Waals surface area contributed by atoms with Gasteiger partial charge in [-0.25, -0.2) is 4.79 Å². The fourth-order valence-electron chi connectivity index (χ4n) is 0.123. The van der Waals surface area contributed by atoms with Crippen LogP contribution in [0.15, 0.2) is 12.2 Å². The molecule has 0 bridgehead atoms. The van der Waals surface area contributed by atoms with Gasteiger partial charge in [0, 0.05) is 6.94 Å². The van der Waals surface area contributed by atoms with Gasteiger partial charge in [0.2, 0.25) is 0 Å². The van der Waals surface area contributed by atoms with Gasteiger partial charge in [0.05, 0.1) is 0 Å². The van der Waals surface area contributed by atoms with Gasteiger partial charge in [0.25, 0.3) is 0 Å². The van der Waals surface area contributed by atoms with E-state index in [2.05, 4.69) is 6.58 Å². The predicted octanol–water partition coefficient (Wildman–Crippen LogP) is 1.04. The number of hydrogen-bond donors (Lipinski definition) is 1. The minimum Gasteiger partial charge on any atom is -0.478 e. The third kappa shape index (κ3) is 1.98.